The molecule has 0 aromatic carbocycles. The van der Waals surface area contributed by atoms with Crippen molar-refractivity contribution in [3.63, 3.8) is 0 Å². The standard InChI is InChI=1S/C16H34BN/c1-3-4-5-6-7-8-9-10-11-12-15-18(2)16-13-14-17/h3-16H2,1-2H3. The highest BCUT2D eigenvalue weighted by Gasteiger charge is 1.97. The predicted octanol–water partition coefficient (Wildman–Crippen LogP) is 4.82. The fraction of sp³-hybridized carbons (Fsp3) is 1.00. The van der Waals surface area contributed by atoms with Crippen molar-refractivity contribution in [2.75, 3.05) is 20.1 Å². The van der Waals surface area contributed by atoms with Gasteiger partial charge in [0.05, 0.1) is 7.85 Å². The lowest BCUT2D eigenvalue weighted by atomic mass is 10.0. The topological polar surface area (TPSA) is 3.24 Å². The zero-order valence-electron chi connectivity index (χ0n) is 12.9. The Morgan fingerprint density at radius 1 is 0.667 bits per heavy atom. The van der Waals surface area contributed by atoms with Gasteiger partial charge in [-0.15, -0.1) is 0 Å². The van der Waals surface area contributed by atoms with Crippen molar-refractivity contribution in [2.45, 2.75) is 83.9 Å². The van der Waals surface area contributed by atoms with Gasteiger partial charge in [-0.05, 0) is 33.0 Å². The maximum atomic E-state index is 5.50. The van der Waals surface area contributed by atoms with E-state index >= 15 is 0 Å². The van der Waals surface area contributed by atoms with Crippen LogP contribution < -0.4 is 0 Å². The van der Waals surface area contributed by atoms with E-state index in [9.17, 15) is 0 Å². The maximum absolute atomic E-state index is 5.50. The molecule has 0 amide bonds. The van der Waals surface area contributed by atoms with Crippen LogP contribution in [0.5, 0.6) is 0 Å². The highest BCUT2D eigenvalue weighted by atomic mass is 15.1. The van der Waals surface area contributed by atoms with Crippen molar-refractivity contribution >= 4 is 7.85 Å². The van der Waals surface area contributed by atoms with E-state index in [1.807, 2.05) is 0 Å². The predicted molar refractivity (Wildman–Crippen MR) is 84.5 cm³/mol. The molecule has 0 rings (SSSR count). The number of nitrogens with zero attached hydrogens (tertiary/aromatic N) is 1. The molecule has 0 aromatic heterocycles. The van der Waals surface area contributed by atoms with Crippen molar-refractivity contribution in [3.8, 4) is 0 Å². The van der Waals surface area contributed by atoms with E-state index in [4.69, 9.17) is 7.85 Å². The van der Waals surface area contributed by atoms with Crippen LogP contribution in [0.2, 0.25) is 6.32 Å². The molecule has 0 saturated carbocycles. The average Bonchev–Trinajstić information content (AvgIpc) is 2.38. The van der Waals surface area contributed by atoms with Crippen LogP contribution in [0.1, 0.15) is 77.6 Å². The van der Waals surface area contributed by atoms with Crippen molar-refractivity contribution in [1.82, 2.24) is 4.90 Å². The first-order valence-corrected chi connectivity index (χ1v) is 8.20. The second-order valence-corrected chi connectivity index (χ2v) is 5.63. The summed E-state index contributed by atoms with van der Waals surface area (Å²) >= 11 is 0. The van der Waals surface area contributed by atoms with Crippen LogP contribution in [0.4, 0.5) is 0 Å². The molecule has 0 N–H and O–H groups in total. The van der Waals surface area contributed by atoms with Gasteiger partial charge in [-0.25, -0.2) is 0 Å². The molecule has 2 heteroatoms. The lowest BCUT2D eigenvalue weighted by Crippen LogP contribution is -2.20. The highest BCUT2D eigenvalue weighted by Crippen LogP contribution is 2.10. The molecule has 0 aromatic rings. The van der Waals surface area contributed by atoms with Crippen molar-refractivity contribution < 1.29 is 0 Å². The van der Waals surface area contributed by atoms with Crippen LogP contribution in [-0.2, 0) is 0 Å². The molecule has 0 spiro atoms. The van der Waals surface area contributed by atoms with Gasteiger partial charge in [0.1, 0.15) is 0 Å². The number of hydrogen-bond acceptors (Lipinski definition) is 1. The normalized spacial score (nSPS) is 11.3. The summed E-state index contributed by atoms with van der Waals surface area (Å²) in [6, 6.07) is 0. The summed E-state index contributed by atoms with van der Waals surface area (Å²) in [5.74, 6) is 0. The lowest BCUT2D eigenvalue weighted by Gasteiger charge is -2.15. The Labute approximate surface area is 117 Å². The molecule has 0 heterocycles. The summed E-state index contributed by atoms with van der Waals surface area (Å²) in [7, 11) is 7.72. The van der Waals surface area contributed by atoms with E-state index in [2.05, 4.69) is 18.9 Å². The Hall–Kier alpha value is 0.0249. The van der Waals surface area contributed by atoms with Gasteiger partial charge >= 0.3 is 0 Å². The van der Waals surface area contributed by atoms with Gasteiger partial charge in [0.25, 0.3) is 0 Å². The molecule has 0 aliphatic carbocycles. The summed E-state index contributed by atoms with van der Waals surface area (Å²) < 4.78 is 0. The molecule has 0 atom stereocenters. The lowest BCUT2D eigenvalue weighted by molar-refractivity contribution is 0.324. The third-order valence-corrected chi connectivity index (χ3v) is 3.64. The van der Waals surface area contributed by atoms with Crippen molar-refractivity contribution in [3.05, 3.63) is 0 Å². The summed E-state index contributed by atoms with van der Waals surface area (Å²) in [4.78, 5) is 2.41. The minimum Gasteiger partial charge on any atom is -0.306 e. The van der Waals surface area contributed by atoms with Crippen molar-refractivity contribution in [1.29, 1.82) is 0 Å². The average molecular weight is 251 g/mol. The summed E-state index contributed by atoms with van der Waals surface area (Å²) in [5, 5.41) is 0. The van der Waals surface area contributed by atoms with Crippen LogP contribution in [0.15, 0.2) is 0 Å². The van der Waals surface area contributed by atoms with Gasteiger partial charge in [-0.2, -0.15) is 0 Å². The van der Waals surface area contributed by atoms with E-state index in [1.54, 1.807) is 0 Å². The largest absolute Gasteiger partial charge is 0.306 e. The van der Waals surface area contributed by atoms with Gasteiger partial charge in [0.15, 0.2) is 0 Å². The molecule has 1 nitrogen and oxygen atoms in total. The zero-order chi connectivity index (χ0) is 13.5. The third kappa shape index (κ3) is 14.1. The van der Waals surface area contributed by atoms with E-state index in [1.165, 1.54) is 70.8 Å². The van der Waals surface area contributed by atoms with E-state index < -0.39 is 0 Å². The van der Waals surface area contributed by atoms with Crippen LogP contribution in [0.25, 0.3) is 0 Å². The van der Waals surface area contributed by atoms with E-state index in [-0.39, 0.29) is 0 Å². The molecular formula is C16H34BN. The van der Waals surface area contributed by atoms with Crippen LogP contribution in [0, 0.1) is 0 Å². The minimum absolute atomic E-state index is 0.822. The number of unbranched alkanes of at least 4 members (excludes halogenated alkanes) is 9. The smallest absolute Gasteiger partial charge is 0.0653 e. The Morgan fingerprint density at radius 3 is 1.61 bits per heavy atom. The second-order valence-electron chi connectivity index (χ2n) is 5.63. The highest BCUT2D eigenvalue weighted by molar-refractivity contribution is 6.08. The SMILES string of the molecule is [B]CCCN(C)CCCCCCCCCCCC. The van der Waals surface area contributed by atoms with Gasteiger partial charge in [-0.3, -0.25) is 0 Å². The number of rotatable bonds is 14. The molecule has 0 bridgehead atoms. The molecular weight excluding hydrogens is 217 g/mol. The molecule has 18 heavy (non-hydrogen) atoms. The molecule has 0 aliphatic heterocycles. The van der Waals surface area contributed by atoms with Gasteiger partial charge < -0.3 is 4.90 Å². The molecule has 106 valence electrons. The first-order valence-electron chi connectivity index (χ1n) is 8.20. The molecule has 2 radical (unpaired) electrons. The van der Waals surface area contributed by atoms with E-state index in [0.29, 0.717) is 0 Å². The zero-order valence-corrected chi connectivity index (χ0v) is 12.9. The maximum Gasteiger partial charge on any atom is 0.0653 e. The molecule has 0 fully saturated rings. The summed E-state index contributed by atoms with van der Waals surface area (Å²) in [5.41, 5.74) is 0. The molecule has 0 aliphatic rings. The number of hydrogen-bond donors (Lipinski definition) is 0. The van der Waals surface area contributed by atoms with Gasteiger partial charge in [0.2, 0.25) is 0 Å². The van der Waals surface area contributed by atoms with Gasteiger partial charge in [-0.1, -0.05) is 71.0 Å². The summed E-state index contributed by atoms with van der Waals surface area (Å²) in [6.07, 6.45) is 16.2. The van der Waals surface area contributed by atoms with Crippen LogP contribution in [0.3, 0.4) is 0 Å². The van der Waals surface area contributed by atoms with Crippen molar-refractivity contribution in [2.24, 2.45) is 0 Å². The summed E-state index contributed by atoms with van der Waals surface area (Å²) in [6.45, 7) is 4.69. The Balaban J connectivity index is 3.02. The van der Waals surface area contributed by atoms with Crippen LogP contribution in [-0.4, -0.2) is 32.9 Å². The van der Waals surface area contributed by atoms with E-state index in [0.717, 1.165) is 19.3 Å². The second kappa shape index (κ2) is 15.1. The fourth-order valence-electron chi connectivity index (χ4n) is 2.34. The molecule has 0 saturated heterocycles. The first-order chi connectivity index (χ1) is 8.81. The quantitative estimate of drug-likeness (QED) is 0.316. The Bertz CT molecular complexity index is 150. The Kier molecular flexibility index (Phi) is 15.1. The van der Waals surface area contributed by atoms with Crippen LogP contribution >= 0.6 is 0 Å². The fourth-order valence-corrected chi connectivity index (χ4v) is 2.34. The Morgan fingerprint density at radius 2 is 1.11 bits per heavy atom. The monoisotopic (exact) mass is 251 g/mol. The third-order valence-electron chi connectivity index (χ3n) is 3.64. The minimum atomic E-state index is 0.822. The first kappa shape index (κ1) is 18.0. The van der Waals surface area contributed by atoms with Gasteiger partial charge in [0, 0.05) is 0 Å². The molecule has 0 unspecified atom stereocenters.